The van der Waals surface area contributed by atoms with E-state index < -0.39 is 0 Å². The van der Waals surface area contributed by atoms with Crippen LogP contribution < -0.4 is 14.9 Å². The van der Waals surface area contributed by atoms with Crippen LogP contribution in [0.2, 0.25) is 0 Å². The molecule has 0 aliphatic rings. The van der Waals surface area contributed by atoms with Gasteiger partial charge in [-0.1, -0.05) is 11.8 Å². The summed E-state index contributed by atoms with van der Waals surface area (Å²) in [5, 5.41) is 13.2. The van der Waals surface area contributed by atoms with Gasteiger partial charge in [0.1, 0.15) is 11.5 Å². The van der Waals surface area contributed by atoms with Gasteiger partial charge in [0, 0.05) is 12.1 Å². The fourth-order valence-corrected chi connectivity index (χ4v) is 3.59. The van der Waals surface area contributed by atoms with Gasteiger partial charge in [-0.2, -0.15) is 5.10 Å². The Morgan fingerprint density at radius 3 is 2.45 bits per heavy atom. The highest BCUT2D eigenvalue weighted by Gasteiger charge is 2.14. The first-order valence-electron chi connectivity index (χ1n) is 9.89. The summed E-state index contributed by atoms with van der Waals surface area (Å²) in [6.07, 6.45) is 1.59. The van der Waals surface area contributed by atoms with E-state index in [9.17, 15) is 4.79 Å². The number of nitrogens with zero attached hydrogens (tertiary/aromatic N) is 4. The van der Waals surface area contributed by atoms with Crippen molar-refractivity contribution < 1.29 is 14.3 Å². The van der Waals surface area contributed by atoms with Crippen molar-refractivity contribution in [3.8, 4) is 22.9 Å². The number of carbonyl (C=O) groups excluding carboxylic acids is 1. The van der Waals surface area contributed by atoms with Crippen LogP contribution in [0.3, 0.4) is 0 Å². The molecule has 0 fully saturated rings. The number of hydrogen-bond donors (Lipinski definition) is 1. The summed E-state index contributed by atoms with van der Waals surface area (Å²) < 4.78 is 12.6. The van der Waals surface area contributed by atoms with Gasteiger partial charge in [-0.25, -0.2) is 5.43 Å². The second-order valence-electron chi connectivity index (χ2n) is 6.36. The minimum Gasteiger partial charge on any atom is -0.497 e. The van der Waals surface area contributed by atoms with Crippen molar-refractivity contribution >= 4 is 23.9 Å². The Bertz CT molecular complexity index is 1020. The Balaban J connectivity index is 1.55. The maximum Gasteiger partial charge on any atom is 0.250 e. The van der Waals surface area contributed by atoms with Gasteiger partial charge < -0.3 is 14.0 Å². The summed E-state index contributed by atoms with van der Waals surface area (Å²) >= 11 is 1.32. The lowest BCUT2D eigenvalue weighted by molar-refractivity contribution is -0.118. The summed E-state index contributed by atoms with van der Waals surface area (Å²) in [5.74, 6) is 2.30. The summed E-state index contributed by atoms with van der Waals surface area (Å²) in [6, 6.07) is 15.1. The van der Waals surface area contributed by atoms with E-state index in [2.05, 4.69) is 20.7 Å². The quantitative estimate of drug-likeness (QED) is 0.295. The highest BCUT2D eigenvalue weighted by atomic mass is 32.2. The first-order chi connectivity index (χ1) is 15.1. The minimum absolute atomic E-state index is 0.182. The molecule has 1 heterocycles. The third-order valence-corrected chi connectivity index (χ3v) is 5.27. The lowest BCUT2D eigenvalue weighted by Gasteiger charge is -2.07. The van der Waals surface area contributed by atoms with Crippen molar-refractivity contribution in [2.24, 2.45) is 5.10 Å². The van der Waals surface area contributed by atoms with Crippen molar-refractivity contribution in [3.63, 3.8) is 0 Å². The molecular weight excluding hydrogens is 414 g/mol. The Labute approximate surface area is 185 Å². The number of benzene rings is 2. The fraction of sp³-hybridized carbons (Fsp3) is 0.273. The van der Waals surface area contributed by atoms with Crippen molar-refractivity contribution in [1.82, 2.24) is 20.2 Å². The maximum absolute atomic E-state index is 12.2. The van der Waals surface area contributed by atoms with E-state index in [4.69, 9.17) is 9.47 Å². The number of hydrogen-bond acceptors (Lipinski definition) is 7. The first-order valence-corrected chi connectivity index (χ1v) is 10.9. The number of amides is 1. The van der Waals surface area contributed by atoms with Gasteiger partial charge in [-0.05, 0) is 67.9 Å². The zero-order chi connectivity index (χ0) is 22.1. The van der Waals surface area contributed by atoms with Crippen molar-refractivity contribution in [1.29, 1.82) is 0 Å². The standard InChI is InChI=1S/C22H25N5O3S/c1-4-27-21(17-8-12-18(29-3)13-9-17)25-26-22(27)31-15-20(28)24-23-14-16-6-10-19(11-7-16)30-5-2/h6-14H,4-5,15H2,1-3H3,(H,24,28). The number of aromatic nitrogens is 3. The van der Waals surface area contributed by atoms with E-state index in [1.807, 2.05) is 66.9 Å². The molecule has 9 heteroatoms. The molecule has 3 aromatic rings. The molecule has 0 bridgehead atoms. The molecule has 0 atom stereocenters. The van der Waals surface area contributed by atoms with Gasteiger partial charge in [0.15, 0.2) is 11.0 Å². The third kappa shape index (κ3) is 6.08. The number of hydrazone groups is 1. The molecule has 1 N–H and O–H groups in total. The molecular formula is C22H25N5O3S. The molecule has 162 valence electrons. The van der Waals surface area contributed by atoms with E-state index in [0.29, 0.717) is 18.3 Å². The van der Waals surface area contributed by atoms with Crippen LogP contribution in [0.15, 0.2) is 58.8 Å². The molecule has 0 aliphatic heterocycles. The molecule has 0 saturated carbocycles. The lowest BCUT2D eigenvalue weighted by atomic mass is 10.2. The average molecular weight is 440 g/mol. The van der Waals surface area contributed by atoms with Crippen LogP contribution in [0.5, 0.6) is 11.5 Å². The van der Waals surface area contributed by atoms with Gasteiger partial charge >= 0.3 is 0 Å². The summed E-state index contributed by atoms with van der Waals surface area (Å²) in [7, 11) is 1.63. The second kappa shape index (κ2) is 11.2. The van der Waals surface area contributed by atoms with E-state index in [0.717, 1.165) is 28.5 Å². The predicted molar refractivity (Wildman–Crippen MR) is 122 cm³/mol. The molecule has 0 spiro atoms. The number of nitrogens with one attached hydrogen (secondary N) is 1. The number of carbonyl (C=O) groups is 1. The van der Waals surface area contributed by atoms with Gasteiger partial charge in [0.05, 0.1) is 25.7 Å². The highest BCUT2D eigenvalue weighted by molar-refractivity contribution is 7.99. The highest BCUT2D eigenvalue weighted by Crippen LogP contribution is 2.25. The van der Waals surface area contributed by atoms with Crippen molar-refractivity contribution in [3.05, 3.63) is 54.1 Å². The van der Waals surface area contributed by atoms with E-state index in [1.54, 1.807) is 13.3 Å². The van der Waals surface area contributed by atoms with Crippen LogP contribution in [0.25, 0.3) is 11.4 Å². The summed E-state index contributed by atoms with van der Waals surface area (Å²) in [6.45, 7) is 5.26. The summed E-state index contributed by atoms with van der Waals surface area (Å²) in [5.41, 5.74) is 4.34. The molecule has 1 amide bonds. The third-order valence-electron chi connectivity index (χ3n) is 4.31. The number of rotatable bonds is 10. The van der Waals surface area contributed by atoms with Gasteiger partial charge in [-0.3, -0.25) is 4.79 Å². The normalized spacial score (nSPS) is 10.9. The van der Waals surface area contributed by atoms with Crippen molar-refractivity contribution in [2.75, 3.05) is 19.5 Å². The molecule has 0 unspecified atom stereocenters. The minimum atomic E-state index is -0.219. The Kier molecular flexibility index (Phi) is 8.05. The zero-order valence-electron chi connectivity index (χ0n) is 17.7. The topological polar surface area (TPSA) is 90.6 Å². The maximum atomic E-state index is 12.2. The van der Waals surface area contributed by atoms with Crippen LogP contribution in [0, 0.1) is 0 Å². The number of thioether (sulfide) groups is 1. The molecule has 0 saturated heterocycles. The lowest BCUT2D eigenvalue weighted by Crippen LogP contribution is -2.20. The van der Waals surface area contributed by atoms with Crippen LogP contribution in [0.1, 0.15) is 19.4 Å². The van der Waals surface area contributed by atoms with E-state index in [1.165, 1.54) is 11.8 Å². The largest absolute Gasteiger partial charge is 0.497 e. The molecule has 0 aliphatic carbocycles. The van der Waals surface area contributed by atoms with Gasteiger partial charge in [0.2, 0.25) is 0 Å². The molecule has 1 aromatic heterocycles. The molecule has 8 nitrogen and oxygen atoms in total. The Hall–Kier alpha value is -3.33. The van der Waals surface area contributed by atoms with E-state index >= 15 is 0 Å². The Morgan fingerprint density at radius 2 is 1.81 bits per heavy atom. The smallest absolute Gasteiger partial charge is 0.250 e. The second-order valence-corrected chi connectivity index (χ2v) is 7.31. The number of ether oxygens (including phenoxy) is 2. The van der Waals surface area contributed by atoms with Gasteiger partial charge in [0.25, 0.3) is 5.91 Å². The Morgan fingerprint density at radius 1 is 1.10 bits per heavy atom. The van der Waals surface area contributed by atoms with E-state index in [-0.39, 0.29) is 11.7 Å². The zero-order valence-corrected chi connectivity index (χ0v) is 18.6. The number of methoxy groups -OCH3 is 1. The van der Waals surface area contributed by atoms with Crippen LogP contribution in [-0.2, 0) is 11.3 Å². The molecule has 2 aromatic carbocycles. The van der Waals surface area contributed by atoms with Crippen LogP contribution in [-0.4, -0.2) is 46.4 Å². The fourth-order valence-electron chi connectivity index (χ4n) is 2.79. The summed E-state index contributed by atoms with van der Waals surface area (Å²) in [4.78, 5) is 12.2. The van der Waals surface area contributed by atoms with Crippen molar-refractivity contribution in [2.45, 2.75) is 25.5 Å². The van der Waals surface area contributed by atoms with Crippen LogP contribution >= 0.6 is 11.8 Å². The predicted octanol–water partition coefficient (Wildman–Crippen LogP) is 3.61. The molecule has 31 heavy (non-hydrogen) atoms. The monoisotopic (exact) mass is 439 g/mol. The SMILES string of the molecule is CCOc1ccc(C=NNC(=O)CSc2nnc(-c3ccc(OC)cc3)n2CC)cc1. The first kappa shape index (κ1) is 22.4. The van der Waals surface area contributed by atoms with Gasteiger partial charge in [-0.15, -0.1) is 10.2 Å². The molecule has 3 rings (SSSR count). The van der Waals surface area contributed by atoms with Crippen LogP contribution in [0.4, 0.5) is 0 Å². The average Bonchev–Trinajstić information content (AvgIpc) is 3.22. The molecule has 0 radical (unpaired) electrons.